The van der Waals surface area contributed by atoms with E-state index >= 15 is 0 Å². The molecule has 3 N–H and O–H groups in total. The first-order valence-electron chi connectivity index (χ1n) is 13.9. The van der Waals surface area contributed by atoms with Gasteiger partial charge in [-0.3, -0.25) is 14.5 Å². The lowest BCUT2D eigenvalue weighted by molar-refractivity contribution is -0.149. The van der Waals surface area contributed by atoms with Gasteiger partial charge in [0.2, 0.25) is 5.91 Å². The maximum atomic E-state index is 12.7. The molecule has 6 unspecified atom stereocenters. The zero-order chi connectivity index (χ0) is 28.1. The highest BCUT2D eigenvalue weighted by atomic mass is 33.1. The van der Waals surface area contributed by atoms with Crippen LogP contribution in [-0.4, -0.2) is 96.9 Å². The van der Waals surface area contributed by atoms with Crippen molar-refractivity contribution >= 4 is 61.0 Å². The van der Waals surface area contributed by atoms with Crippen LogP contribution in [0.15, 0.2) is 0 Å². The first kappa shape index (κ1) is 33.9. The van der Waals surface area contributed by atoms with E-state index in [9.17, 15) is 29.7 Å². The van der Waals surface area contributed by atoms with Crippen molar-refractivity contribution in [3.8, 4) is 0 Å². The summed E-state index contributed by atoms with van der Waals surface area (Å²) in [6, 6.07) is -1.24. The summed E-state index contributed by atoms with van der Waals surface area (Å²) >= 11 is 0. The first-order valence-corrected chi connectivity index (χ1v) is 18.8. The van der Waals surface area contributed by atoms with E-state index in [1.165, 1.54) is 19.3 Å². The lowest BCUT2D eigenvalue weighted by Gasteiger charge is -2.31. The molecule has 2 saturated heterocycles. The quantitative estimate of drug-likeness (QED) is 0.131. The minimum absolute atomic E-state index is 0.0102. The molecule has 0 aromatic carbocycles. The molecule has 0 aromatic rings. The molecule has 0 radical (unpaired) electrons. The van der Waals surface area contributed by atoms with Crippen LogP contribution >= 0.6 is 43.2 Å². The van der Waals surface area contributed by atoms with Gasteiger partial charge in [0.1, 0.15) is 18.3 Å². The number of aliphatic hydroxyl groups excluding tert-OH is 1. The maximum Gasteiger partial charge on any atom is 0.326 e. The number of carboxylic acids is 2. The fourth-order valence-corrected chi connectivity index (χ4v) is 10.7. The summed E-state index contributed by atoms with van der Waals surface area (Å²) in [5, 5.41) is 30.0. The van der Waals surface area contributed by atoms with Crippen LogP contribution in [0.3, 0.4) is 0 Å². The van der Waals surface area contributed by atoms with Crippen molar-refractivity contribution in [2.75, 3.05) is 30.3 Å². The molecule has 8 nitrogen and oxygen atoms in total. The highest BCUT2D eigenvalue weighted by molar-refractivity contribution is 8.77. The van der Waals surface area contributed by atoms with Crippen molar-refractivity contribution < 1.29 is 29.7 Å². The molecule has 0 bridgehead atoms. The van der Waals surface area contributed by atoms with Gasteiger partial charge in [0, 0.05) is 47.4 Å². The third-order valence-corrected chi connectivity index (χ3v) is 13.0. The fraction of sp³-hybridized carbons (Fsp3) is 0.885. The van der Waals surface area contributed by atoms with E-state index in [0.717, 1.165) is 37.2 Å². The Morgan fingerprint density at radius 3 is 2.26 bits per heavy atom. The van der Waals surface area contributed by atoms with Gasteiger partial charge in [-0.2, -0.15) is 0 Å². The van der Waals surface area contributed by atoms with Gasteiger partial charge in [0.15, 0.2) is 0 Å². The number of aliphatic hydroxyl groups is 1. The van der Waals surface area contributed by atoms with Crippen LogP contribution in [0.25, 0.3) is 0 Å². The second kappa shape index (κ2) is 18.2. The summed E-state index contributed by atoms with van der Waals surface area (Å²) in [6.45, 7) is 7.27. The third kappa shape index (κ3) is 11.0. The summed E-state index contributed by atoms with van der Waals surface area (Å²) in [5.41, 5.74) is 0. The number of rotatable bonds is 19. The topological polar surface area (TPSA) is 118 Å². The number of hydrogen-bond acceptors (Lipinski definition) is 9. The zero-order valence-electron chi connectivity index (χ0n) is 23.0. The standard InChI is InChI=1S/C26H46N2O6S4/c1-4-5-6-9-20(38-37-17-19(3)24(30)28-14-8-11-22(28)26(33)34)12-15-35-36-16-18(2)23(29)27-13-7-10-21(27)25(31)32/h18-22,24,30H,4-17H2,1-3H3,(H,31,32)(H,33,34). The molecule has 2 heterocycles. The number of amides is 1. The second-order valence-electron chi connectivity index (χ2n) is 10.4. The van der Waals surface area contributed by atoms with Gasteiger partial charge < -0.3 is 20.2 Å². The molecular weight excluding hydrogens is 565 g/mol. The van der Waals surface area contributed by atoms with Gasteiger partial charge >= 0.3 is 11.9 Å². The SMILES string of the molecule is CCCCCC(CCSSCC(C)C(=O)N1CCCC1C(=O)O)SSCC(C)C(O)N1CCCC1C(=O)O. The molecule has 2 rings (SSSR count). The molecular formula is C26H46N2O6S4. The van der Waals surface area contributed by atoms with Crippen LogP contribution in [0, 0.1) is 11.8 Å². The van der Waals surface area contributed by atoms with E-state index in [1.807, 2.05) is 24.6 Å². The van der Waals surface area contributed by atoms with E-state index in [-0.39, 0.29) is 17.7 Å². The van der Waals surface area contributed by atoms with E-state index in [1.54, 1.807) is 42.2 Å². The number of carbonyl (C=O) groups is 3. The highest BCUT2D eigenvalue weighted by Gasteiger charge is 2.37. The van der Waals surface area contributed by atoms with Crippen molar-refractivity contribution in [2.24, 2.45) is 11.8 Å². The largest absolute Gasteiger partial charge is 0.480 e. The van der Waals surface area contributed by atoms with E-state index in [0.29, 0.717) is 36.9 Å². The Balaban J connectivity index is 1.70. The van der Waals surface area contributed by atoms with Gasteiger partial charge in [0.25, 0.3) is 0 Å². The average molecular weight is 611 g/mol. The van der Waals surface area contributed by atoms with Gasteiger partial charge in [-0.25, -0.2) is 4.79 Å². The second-order valence-corrected chi connectivity index (χ2v) is 15.8. The van der Waals surface area contributed by atoms with Crippen LogP contribution in [0.4, 0.5) is 0 Å². The number of likely N-dealkylation sites (tertiary alicyclic amines) is 2. The smallest absolute Gasteiger partial charge is 0.326 e. The van der Waals surface area contributed by atoms with Crippen molar-refractivity contribution in [2.45, 2.75) is 102 Å². The van der Waals surface area contributed by atoms with Crippen molar-refractivity contribution in [1.82, 2.24) is 9.80 Å². The Hall–Kier alpha value is -0.270. The molecule has 12 heteroatoms. The Morgan fingerprint density at radius 2 is 1.58 bits per heavy atom. The molecule has 2 aliphatic rings. The molecule has 2 fully saturated rings. The third-order valence-electron chi connectivity index (χ3n) is 7.26. The Morgan fingerprint density at radius 1 is 0.895 bits per heavy atom. The molecule has 0 saturated carbocycles. The minimum atomic E-state index is -0.904. The molecule has 6 atom stereocenters. The van der Waals surface area contributed by atoms with Crippen LogP contribution in [0.1, 0.15) is 78.6 Å². The molecule has 0 aromatic heterocycles. The molecule has 1 amide bonds. The predicted octanol–water partition coefficient (Wildman–Crippen LogP) is 5.30. The lowest BCUT2D eigenvalue weighted by Crippen LogP contribution is -2.46. The van der Waals surface area contributed by atoms with Gasteiger partial charge in [0.05, 0.1) is 0 Å². The van der Waals surface area contributed by atoms with Crippen LogP contribution in [-0.2, 0) is 14.4 Å². The first-order chi connectivity index (χ1) is 18.2. The van der Waals surface area contributed by atoms with Crippen LogP contribution < -0.4 is 0 Å². The Bertz CT molecular complexity index is 749. The van der Waals surface area contributed by atoms with Crippen LogP contribution in [0.5, 0.6) is 0 Å². The van der Waals surface area contributed by atoms with Crippen LogP contribution in [0.2, 0.25) is 0 Å². The number of aliphatic carboxylic acids is 2. The highest BCUT2D eigenvalue weighted by Crippen LogP contribution is 2.37. The van der Waals surface area contributed by atoms with Gasteiger partial charge in [-0.15, -0.1) is 0 Å². The average Bonchev–Trinajstić information content (AvgIpc) is 3.57. The summed E-state index contributed by atoms with van der Waals surface area (Å²) in [7, 11) is 7.15. The molecule has 2 aliphatic heterocycles. The number of carbonyl (C=O) groups excluding carboxylic acids is 1. The number of unbranched alkanes of at least 4 members (excludes halogenated alkanes) is 2. The summed E-state index contributed by atoms with van der Waals surface area (Å²) in [5.74, 6) is 0.439. The molecule has 38 heavy (non-hydrogen) atoms. The predicted molar refractivity (Wildman–Crippen MR) is 162 cm³/mol. The number of hydrogen-bond donors (Lipinski definition) is 3. The van der Waals surface area contributed by atoms with Gasteiger partial charge in [-0.05, 0) is 38.5 Å². The minimum Gasteiger partial charge on any atom is -0.480 e. The van der Waals surface area contributed by atoms with Gasteiger partial charge in [-0.1, -0.05) is 83.2 Å². The summed E-state index contributed by atoms with van der Waals surface area (Å²) < 4.78 is 0. The number of carboxylic acid groups (broad SMARTS) is 2. The van der Waals surface area contributed by atoms with E-state index < -0.39 is 30.3 Å². The van der Waals surface area contributed by atoms with Crippen molar-refractivity contribution in [1.29, 1.82) is 0 Å². The molecule has 0 spiro atoms. The normalized spacial score (nSPS) is 23.3. The molecule has 220 valence electrons. The Kier molecular flexibility index (Phi) is 16.3. The monoisotopic (exact) mass is 610 g/mol. The molecule has 0 aliphatic carbocycles. The van der Waals surface area contributed by atoms with Crippen molar-refractivity contribution in [3.63, 3.8) is 0 Å². The van der Waals surface area contributed by atoms with E-state index in [2.05, 4.69) is 6.92 Å². The number of nitrogens with zero attached hydrogens (tertiary/aromatic N) is 2. The van der Waals surface area contributed by atoms with Crippen molar-refractivity contribution in [3.05, 3.63) is 0 Å². The Labute approximate surface area is 244 Å². The lowest BCUT2D eigenvalue weighted by atomic mass is 10.1. The fourth-order valence-electron chi connectivity index (χ4n) is 4.92. The zero-order valence-corrected chi connectivity index (χ0v) is 26.2. The summed E-state index contributed by atoms with van der Waals surface area (Å²) in [6.07, 6.45) is 7.81. The maximum absolute atomic E-state index is 12.7. The van der Waals surface area contributed by atoms with E-state index in [4.69, 9.17) is 0 Å². The summed E-state index contributed by atoms with van der Waals surface area (Å²) in [4.78, 5) is 38.9.